The van der Waals surface area contributed by atoms with E-state index in [0.29, 0.717) is 12.5 Å². The summed E-state index contributed by atoms with van der Waals surface area (Å²) < 4.78 is 5.43. The molecule has 2 aliphatic rings. The Morgan fingerprint density at radius 1 is 1.28 bits per heavy atom. The van der Waals surface area contributed by atoms with Gasteiger partial charge in [-0.15, -0.1) is 0 Å². The number of hydrogen-bond acceptors (Lipinski definition) is 4. The van der Waals surface area contributed by atoms with Crippen LogP contribution in [0.25, 0.3) is 0 Å². The molecule has 18 heavy (non-hydrogen) atoms. The number of hydrogen-bond donors (Lipinski definition) is 2. The quantitative estimate of drug-likeness (QED) is 0.851. The fourth-order valence-electron chi connectivity index (χ4n) is 3.17. The Kier molecular flexibility index (Phi) is 3.35. The summed E-state index contributed by atoms with van der Waals surface area (Å²) in [6.07, 6.45) is 6.99. The van der Waals surface area contributed by atoms with Gasteiger partial charge < -0.3 is 10.5 Å². The molecular weight excluding hydrogens is 228 g/mol. The minimum Gasteiger partial charge on any atom is -0.381 e. The largest absolute Gasteiger partial charge is 0.381 e. The van der Waals surface area contributed by atoms with Crippen molar-refractivity contribution in [3.05, 3.63) is 11.6 Å². The first-order chi connectivity index (χ1) is 8.84. The molecule has 0 spiro atoms. The van der Waals surface area contributed by atoms with Crippen LogP contribution in [0, 0.1) is 0 Å². The molecule has 2 fully saturated rings. The highest BCUT2D eigenvalue weighted by Gasteiger charge is 2.37. The smallest absolute Gasteiger partial charge is 0.158 e. The number of rotatable bonds is 3. The van der Waals surface area contributed by atoms with Gasteiger partial charge in [0.15, 0.2) is 5.82 Å². The molecule has 0 bridgehead atoms. The van der Waals surface area contributed by atoms with Gasteiger partial charge in [0.1, 0.15) is 5.82 Å². The molecule has 0 radical (unpaired) electrons. The van der Waals surface area contributed by atoms with Crippen molar-refractivity contribution in [2.75, 3.05) is 19.8 Å². The standard InChI is InChI=1S/C13H22N4O/c14-9-13(5-7-18-8-6-13)12-15-11(16-17-12)10-3-1-2-4-10/h10H,1-9,14H2,(H,15,16,17). The molecule has 5 nitrogen and oxygen atoms in total. The summed E-state index contributed by atoms with van der Waals surface area (Å²) in [5.74, 6) is 2.57. The Bertz CT molecular complexity index is 391. The van der Waals surface area contributed by atoms with Crippen molar-refractivity contribution in [2.45, 2.75) is 49.9 Å². The van der Waals surface area contributed by atoms with Crippen LogP contribution in [0.1, 0.15) is 56.1 Å². The third-order valence-electron chi connectivity index (χ3n) is 4.56. The molecule has 1 saturated heterocycles. The van der Waals surface area contributed by atoms with E-state index in [1.165, 1.54) is 25.7 Å². The molecule has 0 aromatic carbocycles. The summed E-state index contributed by atoms with van der Waals surface area (Å²) in [6, 6.07) is 0. The zero-order chi connectivity index (χ0) is 12.4. The zero-order valence-corrected chi connectivity index (χ0v) is 10.8. The molecule has 1 aromatic heterocycles. The molecule has 100 valence electrons. The Labute approximate surface area is 108 Å². The van der Waals surface area contributed by atoms with E-state index in [2.05, 4.69) is 10.2 Å². The van der Waals surface area contributed by atoms with Crippen molar-refractivity contribution in [1.82, 2.24) is 15.2 Å². The monoisotopic (exact) mass is 250 g/mol. The summed E-state index contributed by atoms with van der Waals surface area (Å²) in [5.41, 5.74) is 5.92. The van der Waals surface area contributed by atoms with E-state index in [1.54, 1.807) is 0 Å². The van der Waals surface area contributed by atoms with Crippen molar-refractivity contribution < 1.29 is 4.74 Å². The van der Waals surface area contributed by atoms with Gasteiger partial charge >= 0.3 is 0 Å². The number of aromatic amines is 1. The van der Waals surface area contributed by atoms with Gasteiger partial charge in [-0.25, -0.2) is 4.98 Å². The van der Waals surface area contributed by atoms with Crippen molar-refractivity contribution >= 4 is 0 Å². The van der Waals surface area contributed by atoms with E-state index in [0.717, 1.165) is 37.7 Å². The number of ether oxygens (including phenoxy) is 1. The van der Waals surface area contributed by atoms with Crippen LogP contribution in [-0.4, -0.2) is 34.9 Å². The van der Waals surface area contributed by atoms with Gasteiger partial charge in [-0.2, -0.15) is 5.10 Å². The summed E-state index contributed by atoms with van der Waals surface area (Å²) in [6.45, 7) is 2.15. The first-order valence-electron chi connectivity index (χ1n) is 7.05. The average molecular weight is 250 g/mol. The predicted octanol–water partition coefficient (Wildman–Crippen LogP) is 1.47. The van der Waals surface area contributed by atoms with Crippen LogP contribution >= 0.6 is 0 Å². The molecule has 3 rings (SSSR count). The normalized spacial score (nSPS) is 24.5. The SMILES string of the molecule is NCC1(c2n[nH]c(C3CCCC3)n2)CCOCC1. The van der Waals surface area contributed by atoms with Crippen LogP contribution in [0.15, 0.2) is 0 Å². The van der Waals surface area contributed by atoms with Gasteiger partial charge in [0.2, 0.25) is 0 Å². The third-order valence-corrected chi connectivity index (χ3v) is 4.56. The van der Waals surface area contributed by atoms with E-state index < -0.39 is 0 Å². The number of H-pyrrole nitrogens is 1. The summed E-state index contributed by atoms with van der Waals surface area (Å²) in [7, 11) is 0. The average Bonchev–Trinajstić information content (AvgIpc) is 3.10. The van der Waals surface area contributed by atoms with Crippen molar-refractivity contribution in [1.29, 1.82) is 0 Å². The summed E-state index contributed by atoms with van der Waals surface area (Å²) >= 11 is 0. The highest BCUT2D eigenvalue weighted by molar-refractivity contribution is 5.12. The lowest BCUT2D eigenvalue weighted by Gasteiger charge is -2.33. The van der Waals surface area contributed by atoms with Crippen LogP contribution in [0.4, 0.5) is 0 Å². The number of nitrogens with zero attached hydrogens (tertiary/aromatic N) is 2. The topological polar surface area (TPSA) is 76.8 Å². The lowest BCUT2D eigenvalue weighted by molar-refractivity contribution is 0.0500. The summed E-state index contributed by atoms with van der Waals surface area (Å²) in [4.78, 5) is 4.76. The van der Waals surface area contributed by atoms with E-state index in [1.807, 2.05) is 0 Å². The molecule has 3 N–H and O–H groups in total. The van der Waals surface area contributed by atoms with Gasteiger partial charge in [-0.05, 0) is 25.7 Å². The van der Waals surface area contributed by atoms with Gasteiger partial charge in [0.25, 0.3) is 0 Å². The second-order valence-corrected chi connectivity index (χ2v) is 5.62. The Balaban J connectivity index is 1.82. The fourth-order valence-corrected chi connectivity index (χ4v) is 3.17. The molecule has 2 heterocycles. The molecule has 0 atom stereocenters. The Morgan fingerprint density at radius 2 is 2.00 bits per heavy atom. The Morgan fingerprint density at radius 3 is 2.67 bits per heavy atom. The highest BCUT2D eigenvalue weighted by atomic mass is 16.5. The maximum Gasteiger partial charge on any atom is 0.158 e. The maximum atomic E-state index is 5.98. The predicted molar refractivity (Wildman–Crippen MR) is 68.4 cm³/mol. The molecular formula is C13H22N4O. The van der Waals surface area contributed by atoms with Crippen LogP contribution in [0.3, 0.4) is 0 Å². The maximum absolute atomic E-state index is 5.98. The zero-order valence-electron chi connectivity index (χ0n) is 10.8. The molecule has 5 heteroatoms. The van der Waals surface area contributed by atoms with Crippen LogP contribution in [-0.2, 0) is 10.2 Å². The molecule has 1 saturated carbocycles. The van der Waals surface area contributed by atoms with Crippen LogP contribution in [0.5, 0.6) is 0 Å². The molecule has 0 unspecified atom stereocenters. The fraction of sp³-hybridized carbons (Fsp3) is 0.846. The van der Waals surface area contributed by atoms with Gasteiger partial charge in [0.05, 0.1) is 0 Å². The third kappa shape index (κ3) is 2.06. The molecule has 0 amide bonds. The van der Waals surface area contributed by atoms with Crippen molar-refractivity contribution in [3.63, 3.8) is 0 Å². The van der Waals surface area contributed by atoms with E-state index in [4.69, 9.17) is 15.5 Å². The van der Waals surface area contributed by atoms with E-state index >= 15 is 0 Å². The van der Waals surface area contributed by atoms with Crippen molar-refractivity contribution in [3.8, 4) is 0 Å². The van der Waals surface area contributed by atoms with Gasteiger partial charge in [-0.1, -0.05) is 12.8 Å². The lowest BCUT2D eigenvalue weighted by atomic mass is 9.79. The molecule has 1 aliphatic carbocycles. The van der Waals surface area contributed by atoms with E-state index in [9.17, 15) is 0 Å². The van der Waals surface area contributed by atoms with Crippen molar-refractivity contribution in [2.24, 2.45) is 5.73 Å². The minimum absolute atomic E-state index is 0.0639. The highest BCUT2D eigenvalue weighted by Crippen LogP contribution is 2.35. The first kappa shape index (κ1) is 12.1. The van der Waals surface area contributed by atoms with Gasteiger partial charge in [0, 0.05) is 31.1 Å². The number of aromatic nitrogens is 3. The molecule has 1 aromatic rings. The Hall–Kier alpha value is -0.940. The second-order valence-electron chi connectivity index (χ2n) is 5.62. The number of nitrogens with two attached hydrogens (primary N) is 1. The van der Waals surface area contributed by atoms with Gasteiger partial charge in [-0.3, -0.25) is 5.10 Å². The summed E-state index contributed by atoms with van der Waals surface area (Å²) in [5, 5.41) is 7.60. The van der Waals surface area contributed by atoms with Crippen LogP contribution in [0.2, 0.25) is 0 Å². The lowest BCUT2D eigenvalue weighted by Crippen LogP contribution is -2.41. The second kappa shape index (κ2) is 4.97. The van der Waals surface area contributed by atoms with Crippen LogP contribution < -0.4 is 5.73 Å². The van der Waals surface area contributed by atoms with E-state index in [-0.39, 0.29) is 5.41 Å². The minimum atomic E-state index is -0.0639. The molecule has 1 aliphatic heterocycles. The number of nitrogens with one attached hydrogen (secondary N) is 1. The first-order valence-corrected chi connectivity index (χ1v) is 7.05.